The van der Waals surface area contributed by atoms with Crippen molar-refractivity contribution < 1.29 is 9.84 Å². The van der Waals surface area contributed by atoms with E-state index < -0.39 is 0 Å². The number of aliphatic hydroxyl groups excluding tert-OH is 1. The summed E-state index contributed by atoms with van der Waals surface area (Å²) in [6.45, 7) is 2.88. The van der Waals surface area contributed by atoms with E-state index in [9.17, 15) is 5.11 Å². The molecular weight excluding hydrogens is 437 g/mol. The van der Waals surface area contributed by atoms with Crippen LogP contribution in [0.25, 0.3) is 22.6 Å². The van der Waals surface area contributed by atoms with Crippen LogP contribution in [0.3, 0.4) is 0 Å². The Bertz CT molecular complexity index is 993. The molecule has 0 amide bonds. The van der Waals surface area contributed by atoms with Gasteiger partial charge in [0.15, 0.2) is 0 Å². The molecule has 1 unspecified atom stereocenters. The molecule has 0 aliphatic carbocycles. The number of aliphatic hydroxyl groups is 1. The number of halogens is 1. The summed E-state index contributed by atoms with van der Waals surface area (Å²) in [5.74, 6) is 1.58. The van der Waals surface area contributed by atoms with Crippen molar-refractivity contribution in [3.63, 3.8) is 0 Å². The molecule has 0 bridgehead atoms. The summed E-state index contributed by atoms with van der Waals surface area (Å²) in [7, 11) is 0. The van der Waals surface area contributed by atoms with Crippen molar-refractivity contribution in [1.82, 2.24) is 9.97 Å². The van der Waals surface area contributed by atoms with Gasteiger partial charge in [-0.05, 0) is 0 Å². The third kappa shape index (κ3) is 4.23. The first-order valence-electron chi connectivity index (χ1n) is 9.11. The summed E-state index contributed by atoms with van der Waals surface area (Å²) in [6, 6.07) is 15.9. The average Bonchev–Trinajstić information content (AvgIpc) is 2.74. The summed E-state index contributed by atoms with van der Waals surface area (Å²) < 4.78 is 6.71. The van der Waals surface area contributed by atoms with Gasteiger partial charge in [0.2, 0.25) is 0 Å². The SMILES string of the molecule is OCc1cc(-c2cc(N3CCOCC3)nc(-c3cccc([AsH2])c3)n2)ccc1Cl. The van der Waals surface area contributed by atoms with Crippen LogP contribution in [0.1, 0.15) is 5.56 Å². The van der Waals surface area contributed by atoms with Crippen molar-refractivity contribution in [2.75, 3.05) is 31.2 Å². The fraction of sp³-hybridized carbons (Fsp3) is 0.238. The van der Waals surface area contributed by atoms with Gasteiger partial charge in [0.1, 0.15) is 0 Å². The van der Waals surface area contributed by atoms with Crippen molar-refractivity contribution in [3.05, 3.63) is 59.1 Å². The van der Waals surface area contributed by atoms with E-state index in [1.165, 1.54) is 4.35 Å². The molecule has 1 atom stereocenters. The Morgan fingerprint density at radius 3 is 2.61 bits per heavy atom. The average molecular weight is 458 g/mol. The Kier molecular flexibility index (Phi) is 5.98. The molecule has 1 aliphatic heterocycles. The van der Waals surface area contributed by atoms with Crippen molar-refractivity contribution in [1.29, 1.82) is 0 Å². The van der Waals surface area contributed by atoms with Crippen LogP contribution in [0.5, 0.6) is 0 Å². The van der Waals surface area contributed by atoms with Gasteiger partial charge >= 0.3 is 178 Å². The van der Waals surface area contributed by atoms with E-state index in [1.54, 1.807) is 22.9 Å². The van der Waals surface area contributed by atoms with E-state index in [0.717, 1.165) is 35.7 Å². The van der Waals surface area contributed by atoms with Gasteiger partial charge in [-0.15, -0.1) is 0 Å². The number of ether oxygens (including phenoxy) is 1. The molecule has 144 valence electrons. The molecule has 1 saturated heterocycles. The predicted octanol–water partition coefficient (Wildman–Crippen LogP) is 2.05. The molecule has 2 aromatic carbocycles. The summed E-state index contributed by atoms with van der Waals surface area (Å²) in [6.07, 6.45) is 0. The second-order valence-corrected chi connectivity index (χ2v) is 8.43. The molecule has 1 aromatic heterocycles. The molecule has 0 saturated carbocycles. The second kappa shape index (κ2) is 8.62. The van der Waals surface area contributed by atoms with Crippen molar-refractivity contribution in [2.24, 2.45) is 0 Å². The van der Waals surface area contributed by atoms with Crippen LogP contribution in [-0.4, -0.2) is 58.2 Å². The van der Waals surface area contributed by atoms with Gasteiger partial charge in [-0.25, -0.2) is 0 Å². The van der Waals surface area contributed by atoms with Gasteiger partial charge in [0.25, 0.3) is 0 Å². The number of rotatable bonds is 4. The van der Waals surface area contributed by atoms with Crippen LogP contribution in [0.2, 0.25) is 5.02 Å². The van der Waals surface area contributed by atoms with Gasteiger partial charge < -0.3 is 0 Å². The van der Waals surface area contributed by atoms with Crippen molar-refractivity contribution in [2.45, 2.75) is 6.61 Å². The maximum atomic E-state index is 9.57. The second-order valence-electron chi connectivity index (χ2n) is 6.62. The Hall–Kier alpha value is -1.91. The van der Waals surface area contributed by atoms with Gasteiger partial charge in [-0.2, -0.15) is 0 Å². The zero-order chi connectivity index (χ0) is 19.5. The Balaban J connectivity index is 1.84. The van der Waals surface area contributed by atoms with Gasteiger partial charge in [0.05, 0.1) is 0 Å². The Morgan fingerprint density at radius 2 is 1.86 bits per heavy atom. The molecule has 1 N–H and O–H groups in total. The number of nitrogens with zero attached hydrogens (tertiary/aromatic N) is 3. The summed E-state index contributed by atoms with van der Waals surface area (Å²) in [5.41, 5.74) is 3.40. The number of hydrogen-bond acceptors (Lipinski definition) is 5. The third-order valence-corrected chi connectivity index (χ3v) is 5.83. The topological polar surface area (TPSA) is 58.5 Å². The molecular formula is C21H21AsClN3O2. The maximum absolute atomic E-state index is 9.57. The number of hydrogen-bond donors (Lipinski definition) is 1. The van der Waals surface area contributed by atoms with Gasteiger partial charge in [-0.1, -0.05) is 0 Å². The molecule has 28 heavy (non-hydrogen) atoms. The Labute approximate surface area is 177 Å². The van der Waals surface area contributed by atoms with Crippen LogP contribution >= 0.6 is 11.6 Å². The summed E-state index contributed by atoms with van der Waals surface area (Å²) in [5, 5.41) is 10.1. The molecule has 0 radical (unpaired) electrons. The first-order chi connectivity index (χ1) is 13.6. The standard InChI is InChI=1S/C21H21AsClN3O2/c22-17-3-1-2-15(11-17)21-24-19(14-4-5-18(23)16(10-14)13-27)12-20(25-21)26-6-8-28-9-7-26/h1-5,10-12,27H,6-9,13,22H2. The molecule has 1 aliphatic rings. The normalized spacial score (nSPS) is 14.3. The quantitative estimate of drug-likeness (QED) is 0.608. The number of morpholine rings is 1. The summed E-state index contributed by atoms with van der Waals surface area (Å²) in [4.78, 5) is 11.9. The molecule has 2 heterocycles. The first-order valence-corrected chi connectivity index (χ1v) is 10.7. The molecule has 3 aromatic rings. The van der Waals surface area contributed by atoms with E-state index >= 15 is 0 Å². The van der Waals surface area contributed by atoms with E-state index in [2.05, 4.69) is 17.0 Å². The van der Waals surface area contributed by atoms with Gasteiger partial charge in [-0.3, -0.25) is 0 Å². The first kappa shape index (κ1) is 19.4. The molecule has 0 spiro atoms. The zero-order valence-corrected chi connectivity index (χ0v) is 18.5. The van der Waals surface area contributed by atoms with Crippen LogP contribution in [-0.2, 0) is 11.3 Å². The molecule has 5 nitrogen and oxygen atoms in total. The minimum absolute atomic E-state index is 0.110. The van der Waals surface area contributed by atoms with E-state index in [0.29, 0.717) is 29.6 Å². The fourth-order valence-corrected chi connectivity index (χ4v) is 3.99. The van der Waals surface area contributed by atoms with Crippen LogP contribution in [0.15, 0.2) is 48.5 Å². The molecule has 4 rings (SSSR count). The fourth-order valence-electron chi connectivity index (χ4n) is 3.20. The number of anilines is 1. The van der Waals surface area contributed by atoms with Crippen molar-refractivity contribution >= 4 is 38.6 Å². The number of aromatic nitrogens is 2. The van der Waals surface area contributed by atoms with Gasteiger partial charge in [0, 0.05) is 0 Å². The minimum atomic E-state index is -0.110. The molecule has 1 fully saturated rings. The van der Waals surface area contributed by atoms with Crippen LogP contribution < -0.4 is 9.25 Å². The number of benzene rings is 2. The van der Waals surface area contributed by atoms with Crippen LogP contribution in [0.4, 0.5) is 5.82 Å². The monoisotopic (exact) mass is 457 g/mol. The third-order valence-electron chi connectivity index (χ3n) is 4.70. The zero-order valence-electron chi connectivity index (χ0n) is 15.3. The Morgan fingerprint density at radius 1 is 1.04 bits per heavy atom. The molecule has 7 heteroatoms. The van der Waals surface area contributed by atoms with E-state index in [-0.39, 0.29) is 6.61 Å². The van der Waals surface area contributed by atoms with Crippen LogP contribution in [0, 0.1) is 0 Å². The van der Waals surface area contributed by atoms with E-state index in [4.69, 9.17) is 26.3 Å². The predicted molar refractivity (Wildman–Crippen MR) is 115 cm³/mol. The summed E-state index contributed by atoms with van der Waals surface area (Å²) >= 11 is 7.74. The van der Waals surface area contributed by atoms with E-state index in [1.807, 2.05) is 30.3 Å². The van der Waals surface area contributed by atoms with Crippen molar-refractivity contribution in [3.8, 4) is 22.6 Å².